The maximum atomic E-state index is 15.8. The molecule has 0 radical (unpaired) electrons. The van der Waals surface area contributed by atoms with Crippen LogP contribution in [0.2, 0.25) is 0 Å². The van der Waals surface area contributed by atoms with E-state index < -0.39 is 12.6 Å². The van der Waals surface area contributed by atoms with Crippen molar-refractivity contribution < 1.29 is 17.5 Å². The van der Waals surface area contributed by atoms with Gasteiger partial charge in [-0.2, -0.15) is 0 Å². The van der Waals surface area contributed by atoms with Gasteiger partial charge >= 0.3 is 12.6 Å². The first-order valence-corrected chi connectivity index (χ1v) is 12.4. The number of hydrogen-bond donors (Lipinski definition) is 0. The number of hydrogen-bond acceptors (Lipinski definition) is 2. The average Bonchev–Trinajstić information content (AvgIpc) is 3.29. The molecular formula is C30H25BF2N2O2. The lowest BCUT2D eigenvalue weighted by Crippen LogP contribution is -2.51. The third-order valence-corrected chi connectivity index (χ3v) is 7.29. The number of halogens is 2. The van der Waals surface area contributed by atoms with E-state index in [1.807, 2.05) is 26.0 Å². The lowest BCUT2D eigenvalue weighted by atomic mass is 9.86. The molecule has 2 aliphatic heterocycles. The second-order valence-electron chi connectivity index (χ2n) is 9.92. The van der Waals surface area contributed by atoms with E-state index in [0.717, 1.165) is 49.5 Å². The Morgan fingerprint density at radius 1 is 1.11 bits per heavy atom. The fourth-order valence-corrected chi connectivity index (χ4v) is 5.77. The predicted molar refractivity (Wildman–Crippen MR) is 146 cm³/mol. The van der Waals surface area contributed by atoms with Crippen LogP contribution >= 0.6 is 0 Å². The number of aromatic nitrogens is 1. The molecule has 0 N–H and O–H groups in total. The van der Waals surface area contributed by atoms with Crippen LogP contribution in [0.25, 0.3) is 28.7 Å². The number of rotatable bonds is 2. The van der Waals surface area contributed by atoms with Gasteiger partial charge in [0.15, 0.2) is 5.70 Å². The number of benzene rings is 1. The Bertz CT molecular complexity index is 1820. The fraction of sp³-hybridized carbons (Fsp3) is 0.200. The minimum Gasteiger partial charge on any atom is -0.422 e. The summed E-state index contributed by atoms with van der Waals surface area (Å²) in [6.45, 7) is 3.04. The van der Waals surface area contributed by atoms with Crippen LogP contribution in [0.4, 0.5) is 8.63 Å². The van der Waals surface area contributed by atoms with Gasteiger partial charge in [-0.15, -0.1) is 0 Å². The van der Waals surface area contributed by atoms with Gasteiger partial charge in [0.2, 0.25) is 0 Å². The Hall–Kier alpha value is -4.18. The highest BCUT2D eigenvalue weighted by molar-refractivity contribution is 6.58. The highest BCUT2D eigenvalue weighted by atomic mass is 19.2. The van der Waals surface area contributed by atoms with Crippen molar-refractivity contribution in [1.29, 1.82) is 0 Å². The fourth-order valence-electron chi connectivity index (χ4n) is 5.77. The van der Waals surface area contributed by atoms with Gasteiger partial charge in [0.1, 0.15) is 11.3 Å². The van der Waals surface area contributed by atoms with Crippen LogP contribution in [0.1, 0.15) is 60.3 Å². The van der Waals surface area contributed by atoms with E-state index in [1.54, 1.807) is 50.3 Å². The largest absolute Gasteiger partial charge is 0.737 e. The number of allylic oxidation sites excluding steroid dienone is 5. The van der Waals surface area contributed by atoms with E-state index in [4.69, 9.17) is 4.42 Å². The van der Waals surface area contributed by atoms with Crippen molar-refractivity contribution in [2.24, 2.45) is 0 Å². The molecule has 0 atom stereocenters. The molecule has 1 aliphatic carbocycles. The molecular weight excluding hydrogens is 469 g/mol. The molecule has 2 aromatic heterocycles. The van der Waals surface area contributed by atoms with Gasteiger partial charge in [-0.25, -0.2) is 4.79 Å². The Labute approximate surface area is 213 Å². The normalized spacial score (nSPS) is 17.8. The van der Waals surface area contributed by atoms with Crippen LogP contribution in [-0.2, 0) is 0 Å². The summed E-state index contributed by atoms with van der Waals surface area (Å²) in [5, 5.41) is 0.777. The summed E-state index contributed by atoms with van der Waals surface area (Å²) in [6, 6.07) is 7.34. The molecule has 4 nitrogen and oxygen atoms in total. The van der Waals surface area contributed by atoms with Gasteiger partial charge in [0.25, 0.3) is 0 Å². The first-order chi connectivity index (χ1) is 17.7. The van der Waals surface area contributed by atoms with Crippen molar-refractivity contribution in [2.45, 2.75) is 40.5 Å². The molecule has 184 valence electrons. The predicted octanol–water partition coefficient (Wildman–Crippen LogP) is 6.46. The minimum absolute atomic E-state index is 0.351. The van der Waals surface area contributed by atoms with Crippen LogP contribution in [0.3, 0.4) is 0 Å². The number of fused-ring (bicyclic) bond motifs is 4. The smallest absolute Gasteiger partial charge is 0.422 e. The molecule has 4 heterocycles. The topological polar surface area (TPSA) is 38.1 Å². The molecule has 0 bridgehead atoms. The third kappa shape index (κ3) is 3.51. The molecule has 3 aromatic rings. The second kappa shape index (κ2) is 8.17. The molecule has 0 spiro atoms. The first kappa shape index (κ1) is 23.2. The van der Waals surface area contributed by atoms with E-state index in [-0.39, 0.29) is 0 Å². The molecule has 37 heavy (non-hydrogen) atoms. The monoisotopic (exact) mass is 494 g/mol. The van der Waals surface area contributed by atoms with Crippen molar-refractivity contribution >= 4 is 41.4 Å². The molecule has 6 rings (SSSR count). The van der Waals surface area contributed by atoms with Gasteiger partial charge < -0.3 is 22.0 Å². The van der Waals surface area contributed by atoms with E-state index in [2.05, 4.69) is 17.9 Å². The van der Waals surface area contributed by atoms with Crippen LogP contribution in [0.5, 0.6) is 0 Å². The number of aryl methyl sites for hydroxylation is 2. The van der Waals surface area contributed by atoms with Crippen LogP contribution in [0, 0.1) is 25.7 Å². The van der Waals surface area contributed by atoms with E-state index in [0.29, 0.717) is 39.5 Å². The van der Waals surface area contributed by atoms with E-state index in [9.17, 15) is 4.79 Å². The molecule has 0 amide bonds. The number of nitrogens with zero attached hydrogens (tertiary/aromatic N) is 2. The summed E-state index contributed by atoms with van der Waals surface area (Å²) < 4.78 is 39.5. The lowest BCUT2D eigenvalue weighted by molar-refractivity contribution is -0.363. The second-order valence-corrected chi connectivity index (χ2v) is 9.92. The van der Waals surface area contributed by atoms with Crippen molar-refractivity contribution in [3.8, 4) is 11.8 Å². The van der Waals surface area contributed by atoms with Gasteiger partial charge in [-0.05, 0) is 80.4 Å². The quantitative estimate of drug-likeness (QED) is 0.233. The highest BCUT2D eigenvalue weighted by Crippen LogP contribution is 2.42. The van der Waals surface area contributed by atoms with Gasteiger partial charge in [-0.3, -0.25) is 0 Å². The zero-order valence-electron chi connectivity index (χ0n) is 21.2. The van der Waals surface area contributed by atoms with E-state index in [1.165, 1.54) is 0 Å². The molecule has 0 fully saturated rings. The van der Waals surface area contributed by atoms with Crippen molar-refractivity contribution in [1.82, 2.24) is 4.48 Å². The Kier molecular flexibility index (Phi) is 5.13. The maximum Gasteiger partial charge on any atom is 0.737 e. The molecule has 0 saturated carbocycles. The highest BCUT2D eigenvalue weighted by Gasteiger charge is 2.54. The summed E-state index contributed by atoms with van der Waals surface area (Å²) in [5.41, 5.74) is 6.26. The lowest BCUT2D eigenvalue weighted by Gasteiger charge is -2.33. The Balaban J connectivity index is 1.53. The van der Waals surface area contributed by atoms with E-state index >= 15 is 8.63 Å². The molecule has 3 aliphatic rings. The van der Waals surface area contributed by atoms with Gasteiger partial charge in [0, 0.05) is 41.6 Å². The van der Waals surface area contributed by atoms with Crippen LogP contribution in [0.15, 0.2) is 63.0 Å². The van der Waals surface area contributed by atoms with Crippen LogP contribution in [-0.4, -0.2) is 21.6 Å². The molecule has 7 heteroatoms. The third-order valence-electron chi connectivity index (χ3n) is 7.29. The van der Waals surface area contributed by atoms with Crippen LogP contribution < -0.4 is 5.63 Å². The Morgan fingerprint density at radius 3 is 2.73 bits per heavy atom. The van der Waals surface area contributed by atoms with Crippen molar-refractivity contribution in [3.05, 3.63) is 97.8 Å². The average molecular weight is 494 g/mol. The van der Waals surface area contributed by atoms with Crippen molar-refractivity contribution in [3.63, 3.8) is 0 Å². The minimum atomic E-state index is -4.04. The molecule has 0 saturated heterocycles. The Morgan fingerprint density at radius 2 is 1.92 bits per heavy atom. The zero-order valence-corrected chi connectivity index (χ0v) is 21.2. The van der Waals surface area contributed by atoms with Gasteiger partial charge in [-0.1, -0.05) is 24.0 Å². The standard InChI is InChI=1S/C30H25BF2N2O2/c1-18-13-20(3)34-28(18)26(29-19(2)14-21(4)35(29)31(34,32)33)12-11-24-16-25-15-22-9-7-5-6-8-10-23(22)17-27(25)37-30(24)36/h7,9,11-17H,5-6H2,1-4H3/b9-7?,12-11+. The van der Waals surface area contributed by atoms with Crippen molar-refractivity contribution in [2.75, 3.05) is 0 Å². The molecule has 0 unspecified atom stereocenters. The summed E-state index contributed by atoms with van der Waals surface area (Å²) in [6.07, 6.45) is 11.0. The first-order valence-electron chi connectivity index (χ1n) is 12.4. The summed E-state index contributed by atoms with van der Waals surface area (Å²) in [5.74, 6) is 6.29. The SMILES string of the molecule is CC1=CC(C)=[N+]2C1=C(/C=C/c1cc3cc4c(cc3oc1=O)C#CCCC=C4)c1c(C)cc(C)n1[B-]2(F)F. The summed E-state index contributed by atoms with van der Waals surface area (Å²) in [4.78, 5) is 12.9. The van der Waals surface area contributed by atoms with Gasteiger partial charge in [0.05, 0.1) is 11.1 Å². The summed E-state index contributed by atoms with van der Waals surface area (Å²) >= 11 is 0. The maximum absolute atomic E-state index is 15.8. The zero-order chi connectivity index (χ0) is 26.1. The summed E-state index contributed by atoms with van der Waals surface area (Å²) in [7, 11) is 0. The molecule has 1 aromatic carbocycles.